The maximum Gasteiger partial charge on any atom is 0.407 e. The molecule has 3 aromatic rings. The minimum atomic E-state index is -0.604. The van der Waals surface area contributed by atoms with Crippen LogP contribution in [0.3, 0.4) is 0 Å². The number of hydrogen-bond acceptors (Lipinski definition) is 5. The van der Waals surface area contributed by atoms with E-state index in [2.05, 4.69) is 16.5 Å². The summed E-state index contributed by atoms with van der Waals surface area (Å²) in [7, 11) is 0. The molecular weight excluding hydrogens is 449 g/mol. The van der Waals surface area contributed by atoms with Crippen LogP contribution in [0.2, 0.25) is 0 Å². The van der Waals surface area contributed by atoms with E-state index in [1.165, 1.54) is 12.1 Å². The van der Waals surface area contributed by atoms with E-state index < -0.39 is 11.7 Å². The minimum Gasteiger partial charge on any atom is -0.444 e. The van der Waals surface area contributed by atoms with Crippen LogP contribution in [-0.2, 0) is 4.74 Å². The quantitative estimate of drug-likeness (QED) is 0.607. The van der Waals surface area contributed by atoms with Crippen LogP contribution in [-0.4, -0.2) is 51.4 Å². The Bertz CT molecular complexity index is 1270. The van der Waals surface area contributed by atoms with Gasteiger partial charge < -0.3 is 15.0 Å². The number of carbonyl (C=O) groups is 2. The second-order valence-corrected chi connectivity index (χ2v) is 9.38. The third kappa shape index (κ3) is 5.66. The molecule has 1 aliphatic heterocycles. The standard InChI is InChI=1S/C26H26FN5O3/c1-26(2,3)35-25(34)29-20-12-13-31(16-20)24(33)22-14-23(18-6-8-19(27)9-7-18)32(30-22)21-10-4-17(15-28)5-11-21/h4-11,14,20H,12-13,16H2,1-3H3,(H,29,34)/t20-/m0/s1. The maximum atomic E-state index is 13.5. The lowest BCUT2D eigenvalue weighted by Crippen LogP contribution is -2.41. The first-order valence-corrected chi connectivity index (χ1v) is 11.3. The van der Waals surface area contributed by atoms with E-state index in [4.69, 9.17) is 10.00 Å². The van der Waals surface area contributed by atoms with Gasteiger partial charge in [0.1, 0.15) is 11.4 Å². The normalized spacial score (nSPS) is 15.5. The lowest BCUT2D eigenvalue weighted by molar-refractivity contribution is 0.0502. The first kappa shape index (κ1) is 24.0. The van der Waals surface area contributed by atoms with Crippen LogP contribution >= 0.6 is 0 Å². The molecule has 1 N–H and O–H groups in total. The van der Waals surface area contributed by atoms with Crippen molar-refractivity contribution in [2.24, 2.45) is 0 Å². The molecule has 2 amide bonds. The van der Waals surface area contributed by atoms with Crippen LogP contribution in [0.1, 0.15) is 43.2 Å². The molecule has 1 atom stereocenters. The van der Waals surface area contributed by atoms with Gasteiger partial charge in [0.2, 0.25) is 0 Å². The molecule has 0 aliphatic carbocycles. The van der Waals surface area contributed by atoms with E-state index in [1.807, 2.05) is 0 Å². The van der Waals surface area contributed by atoms with Crippen molar-refractivity contribution in [1.29, 1.82) is 5.26 Å². The van der Waals surface area contributed by atoms with Gasteiger partial charge in [-0.1, -0.05) is 0 Å². The van der Waals surface area contributed by atoms with Crippen molar-refractivity contribution >= 4 is 12.0 Å². The third-order valence-corrected chi connectivity index (χ3v) is 5.51. The smallest absolute Gasteiger partial charge is 0.407 e. The number of aromatic nitrogens is 2. The highest BCUT2D eigenvalue weighted by molar-refractivity contribution is 5.94. The number of nitrogens with one attached hydrogen (secondary N) is 1. The number of ether oxygens (including phenoxy) is 1. The highest BCUT2D eigenvalue weighted by atomic mass is 19.1. The molecule has 2 heterocycles. The highest BCUT2D eigenvalue weighted by Gasteiger charge is 2.31. The van der Waals surface area contributed by atoms with Crippen LogP contribution in [0.4, 0.5) is 9.18 Å². The fraction of sp³-hybridized carbons (Fsp3) is 0.308. The molecule has 9 heteroatoms. The second-order valence-electron chi connectivity index (χ2n) is 9.38. The van der Waals surface area contributed by atoms with Gasteiger partial charge in [-0.3, -0.25) is 4.79 Å². The van der Waals surface area contributed by atoms with E-state index in [-0.39, 0.29) is 23.5 Å². The average molecular weight is 476 g/mol. The van der Waals surface area contributed by atoms with Crippen LogP contribution in [0.5, 0.6) is 0 Å². The van der Waals surface area contributed by atoms with Crippen molar-refractivity contribution < 1.29 is 18.7 Å². The van der Waals surface area contributed by atoms with Crippen molar-refractivity contribution in [3.63, 3.8) is 0 Å². The van der Waals surface area contributed by atoms with E-state index >= 15 is 0 Å². The van der Waals surface area contributed by atoms with Gasteiger partial charge in [-0.25, -0.2) is 13.9 Å². The van der Waals surface area contributed by atoms with Gasteiger partial charge in [-0.2, -0.15) is 10.4 Å². The Balaban J connectivity index is 1.58. The maximum absolute atomic E-state index is 13.5. The Morgan fingerprint density at radius 3 is 2.46 bits per heavy atom. The van der Waals surface area contributed by atoms with Gasteiger partial charge in [0, 0.05) is 18.7 Å². The van der Waals surface area contributed by atoms with Crippen molar-refractivity contribution in [3.05, 3.63) is 71.7 Å². The van der Waals surface area contributed by atoms with Gasteiger partial charge in [0.15, 0.2) is 5.69 Å². The molecule has 1 saturated heterocycles. The molecule has 35 heavy (non-hydrogen) atoms. The van der Waals surface area contributed by atoms with Crippen molar-refractivity contribution in [1.82, 2.24) is 20.0 Å². The SMILES string of the molecule is CC(C)(C)OC(=O)N[C@H]1CCN(C(=O)c2cc(-c3ccc(F)cc3)n(-c3ccc(C#N)cc3)n2)C1. The zero-order valence-electron chi connectivity index (χ0n) is 19.8. The first-order valence-electron chi connectivity index (χ1n) is 11.3. The summed E-state index contributed by atoms with van der Waals surface area (Å²) in [5.74, 6) is -0.635. The summed E-state index contributed by atoms with van der Waals surface area (Å²) in [6, 6.07) is 16.3. The monoisotopic (exact) mass is 475 g/mol. The summed E-state index contributed by atoms with van der Waals surface area (Å²) >= 11 is 0. The van der Waals surface area contributed by atoms with Crippen molar-refractivity contribution in [2.45, 2.75) is 38.8 Å². The van der Waals surface area contributed by atoms with E-state index in [0.29, 0.717) is 42.0 Å². The van der Waals surface area contributed by atoms with Crippen molar-refractivity contribution in [2.75, 3.05) is 13.1 Å². The molecule has 0 saturated carbocycles. The molecule has 2 aromatic carbocycles. The molecule has 0 spiro atoms. The summed E-state index contributed by atoms with van der Waals surface area (Å²) < 4.78 is 20.4. The zero-order valence-corrected chi connectivity index (χ0v) is 19.8. The molecular formula is C26H26FN5O3. The Labute approximate surface area is 202 Å². The van der Waals surface area contributed by atoms with Crippen molar-refractivity contribution in [3.8, 4) is 23.0 Å². The summed E-state index contributed by atoms with van der Waals surface area (Å²) in [4.78, 5) is 27.0. The number of halogens is 1. The topological polar surface area (TPSA) is 100 Å². The molecule has 180 valence electrons. The van der Waals surface area contributed by atoms with Gasteiger partial charge in [0.05, 0.1) is 29.1 Å². The number of carbonyl (C=O) groups excluding carboxylic acids is 2. The number of hydrogen-bond donors (Lipinski definition) is 1. The Morgan fingerprint density at radius 2 is 1.83 bits per heavy atom. The number of rotatable bonds is 4. The number of benzene rings is 2. The van der Waals surface area contributed by atoms with Gasteiger partial charge in [-0.05, 0) is 81.8 Å². The van der Waals surface area contributed by atoms with E-state index in [1.54, 1.807) is 72.8 Å². The summed E-state index contributed by atoms with van der Waals surface area (Å²) in [5.41, 5.74) is 2.09. The number of likely N-dealkylation sites (tertiary alicyclic amines) is 1. The largest absolute Gasteiger partial charge is 0.444 e. The van der Waals surface area contributed by atoms with Gasteiger partial charge >= 0.3 is 6.09 Å². The first-order chi connectivity index (χ1) is 16.6. The molecule has 1 aromatic heterocycles. The van der Waals surface area contributed by atoms with Crippen LogP contribution in [0, 0.1) is 17.1 Å². The second kappa shape index (κ2) is 9.58. The molecule has 1 fully saturated rings. The fourth-order valence-corrected chi connectivity index (χ4v) is 3.88. The fourth-order valence-electron chi connectivity index (χ4n) is 3.88. The van der Waals surface area contributed by atoms with Gasteiger partial charge in [0.25, 0.3) is 5.91 Å². The average Bonchev–Trinajstić information content (AvgIpc) is 3.45. The minimum absolute atomic E-state index is 0.217. The van der Waals surface area contributed by atoms with Crippen LogP contribution in [0.15, 0.2) is 54.6 Å². The zero-order chi connectivity index (χ0) is 25.2. The van der Waals surface area contributed by atoms with Gasteiger partial charge in [-0.15, -0.1) is 0 Å². The van der Waals surface area contributed by atoms with E-state index in [0.717, 1.165) is 0 Å². The lowest BCUT2D eigenvalue weighted by atomic mass is 10.1. The number of nitriles is 1. The van der Waals surface area contributed by atoms with Crippen LogP contribution in [0.25, 0.3) is 16.9 Å². The Kier molecular flexibility index (Phi) is 6.56. The highest BCUT2D eigenvalue weighted by Crippen LogP contribution is 2.26. The number of alkyl carbamates (subject to hydrolysis) is 1. The molecule has 0 radical (unpaired) electrons. The molecule has 1 aliphatic rings. The van der Waals surface area contributed by atoms with E-state index in [9.17, 15) is 14.0 Å². The number of nitrogens with zero attached hydrogens (tertiary/aromatic N) is 4. The predicted octanol–water partition coefficient (Wildman–Crippen LogP) is 4.29. The Morgan fingerprint density at radius 1 is 1.14 bits per heavy atom. The molecule has 8 nitrogen and oxygen atoms in total. The Hall–Kier alpha value is -4.19. The van der Waals surface area contributed by atoms with Crippen LogP contribution < -0.4 is 5.32 Å². The number of amides is 2. The predicted molar refractivity (Wildman–Crippen MR) is 127 cm³/mol. The lowest BCUT2D eigenvalue weighted by Gasteiger charge is -2.22. The third-order valence-electron chi connectivity index (χ3n) is 5.51. The molecule has 4 rings (SSSR count). The molecule has 0 unspecified atom stereocenters. The molecule has 0 bridgehead atoms. The summed E-state index contributed by atoms with van der Waals surface area (Å²) in [6.45, 7) is 6.18. The summed E-state index contributed by atoms with van der Waals surface area (Å²) in [6.07, 6.45) is 0.0899. The summed E-state index contributed by atoms with van der Waals surface area (Å²) in [5, 5.41) is 16.5.